The number of hydrogen-bond donors (Lipinski definition) is 3. The summed E-state index contributed by atoms with van der Waals surface area (Å²) >= 11 is 0. The van der Waals surface area contributed by atoms with E-state index in [4.69, 9.17) is 4.74 Å². The molecule has 33 heavy (non-hydrogen) atoms. The van der Waals surface area contributed by atoms with E-state index in [0.29, 0.717) is 60.9 Å². The van der Waals surface area contributed by atoms with Crippen LogP contribution in [0.5, 0.6) is 0 Å². The van der Waals surface area contributed by atoms with Gasteiger partial charge >= 0.3 is 0 Å². The highest BCUT2D eigenvalue weighted by molar-refractivity contribution is 6.00. The van der Waals surface area contributed by atoms with E-state index < -0.39 is 18.1 Å². The molecule has 3 N–H and O–H groups in total. The number of aromatic nitrogens is 4. The van der Waals surface area contributed by atoms with Gasteiger partial charge in [0, 0.05) is 37.2 Å². The quantitative estimate of drug-likeness (QED) is 0.521. The lowest BCUT2D eigenvalue weighted by molar-refractivity contribution is 0.0826. The van der Waals surface area contributed by atoms with Crippen LogP contribution >= 0.6 is 0 Å². The highest BCUT2D eigenvalue weighted by Gasteiger charge is 2.55. The van der Waals surface area contributed by atoms with Crippen molar-refractivity contribution in [2.45, 2.75) is 31.1 Å². The van der Waals surface area contributed by atoms with Crippen molar-refractivity contribution < 1.29 is 13.9 Å². The van der Waals surface area contributed by atoms with Gasteiger partial charge in [-0.3, -0.25) is 9.59 Å². The molecular formula is C22H24FN7O3. The van der Waals surface area contributed by atoms with Crippen LogP contribution < -0.4 is 21.5 Å². The lowest BCUT2D eigenvalue weighted by Gasteiger charge is -2.30. The van der Waals surface area contributed by atoms with Crippen molar-refractivity contribution in [2.24, 2.45) is 11.8 Å². The maximum Gasteiger partial charge on any atom is 0.274 e. The number of nitrogens with one attached hydrogen (secondary N) is 3. The van der Waals surface area contributed by atoms with Gasteiger partial charge in [-0.05, 0) is 25.0 Å². The van der Waals surface area contributed by atoms with Crippen LogP contribution in [0.1, 0.15) is 29.2 Å². The molecule has 3 aromatic rings. The second kappa shape index (κ2) is 7.55. The zero-order valence-corrected chi connectivity index (χ0v) is 18.0. The first-order valence-corrected chi connectivity index (χ1v) is 11.1. The number of anilines is 3. The number of carbonyl (C=O) groups excluding carboxylic acids is 1. The second-order valence-corrected chi connectivity index (χ2v) is 8.86. The number of nitrogens with zero attached hydrogens (tertiary/aromatic N) is 4. The molecule has 10 nitrogen and oxygen atoms in total. The van der Waals surface area contributed by atoms with Crippen LogP contribution in [0, 0.1) is 11.8 Å². The van der Waals surface area contributed by atoms with Gasteiger partial charge in [0.1, 0.15) is 29.1 Å². The first-order valence-electron chi connectivity index (χ1n) is 11.1. The van der Waals surface area contributed by atoms with Crippen molar-refractivity contribution >= 4 is 28.9 Å². The predicted molar refractivity (Wildman–Crippen MR) is 119 cm³/mol. The number of carbonyl (C=O) groups is 1. The van der Waals surface area contributed by atoms with Crippen molar-refractivity contribution in [3.05, 3.63) is 46.5 Å². The summed E-state index contributed by atoms with van der Waals surface area (Å²) in [4.78, 5) is 30.4. The number of rotatable bonds is 6. The molecule has 3 fully saturated rings. The predicted octanol–water partition coefficient (Wildman–Crippen LogP) is 1.72. The van der Waals surface area contributed by atoms with Crippen LogP contribution in [-0.4, -0.2) is 57.5 Å². The standard InChI is InChI=1S/C22H24FN7O3/c1-24-18-7-17(26-16-3-2-6-29(22(16)32)19-12-9-33-10-13(12)19)28-20-11(8-25-30(18)20)21(31)27-15-5-4-14(15)23/h2-3,6-8,12-15,19,24H,4-5,9-10H2,1H3,(H,26,28)(H,27,31)/t12-,13+,14-,15-,19?/m1/s1. The van der Waals surface area contributed by atoms with E-state index >= 15 is 0 Å². The zero-order valence-electron chi connectivity index (χ0n) is 18.0. The maximum absolute atomic E-state index is 13.6. The van der Waals surface area contributed by atoms with Crippen molar-refractivity contribution in [1.29, 1.82) is 0 Å². The summed E-state index contributed by atoms with van der Waals surface area (Å²) in [5.74, 6) is 1.35. The molecule has 0 radical (unpaired) electrons. The second-order valence-electron chi connectivity index (χ2n) is 8.86. The van der Waals surface area contributed by atoms with E-state index in [2.05, 4.69) is 26.0 Å². The molecule has 11 heteroatoms. The van der Waals surface area contributed by atoms with Crippen molar-refractivity contribution in [3.63, 3.8) is 0 Å². The highest BCUT2D eigenvalue weighted by Crippen LogP contribution is 2.53. The summed E-state index contributed by atoms with van der Waals surface area (Å²) in [5.41, 5.74) is 0.810. The monoisotopic (exact) mass is 453 g/mol. The van der Waals surface area contributed by atoms with Crippen LogP contribution in [0.3, 0.4) is 0 Å². The molecule has 5 atom stereocenters. The number of halogens is 1. The lowest BCUT2D eigenvalue weighted by atomic mass is 9.90. The van der Waals surface area contributed by atoms with E-state index in [1.165, 1.54) is 10.7 Å². The van der Waals surface area contributed by atoms with Gasteiger partial charge in [0.15, 0.2) is 5.65 Å². The number of ether oxygens (including phenoxy) is 1. The summed E-state index contributed by atoms with van der Waals surface area (Å²) in [6.07, 6.45) is 3.27. The molecule has 1 saturated heterocycles. The molecule has 6 rings (SSSR count). The largest absolute Gasteiger partial charge is 0.381 e. The van der Waals surface area contributed by atoms with Crippen molar-refractivity contribution in [1.82, 2.24) is 24.5 Å². The topological polar surface area (TPSA) is 115 Å². The molecule has 2 aliphatic carbocycles. The van der Waals surface area contributed by atoms with Gasteiger partial charge in [0.2, 0.25) is 0 Å². The molecule has 1 aliphatic heterocycles. The number of alkyl halides is 1. The summed E-state index contributed by atoms with van der Waals surface area (Å²) in [6, 6.07) is 4.95. The lowest BCUT2D eigenvalue weighted by Crippen LogP contribution is -2.48. The smallest absolute Gasteiger partial charge is 0.274 e. The van der Waals surface area contributed by atoms with E-state index in [-0.39, 0.29) is 17.2 Å². The molecule has 0 aromatic carbocycles. The normalized spacial score (nSPS) is 27.6. The number of pyridine rings is 1. The number of amides is 1. The molecule has 3 aliphatic rings. The fraction of sp³-hybridized carbons (Fsp3) is 0.455. The van der Waals surface area contributed by atoms with Gasteiger partial charge < -0.3 is 25.3 Å². The first-order chi connectivity index (χ1) is 16.0. The number of fused-ring (bicyclic) bond motifs is 2. The average molecular weight is 453 g/mol. The van der Waals surface area contributed by atoms with Gasteiger partial charge in [-0.15, -0.1) is 0 Å². The summed E-state index contributed by atoms with van der Waals surface area (Å²) in [5, 5.41) is 13.1. The molecule has 0 spiro atoms. The Balaban J connectivity index is 1.31. The van der Waals surface area contributed by atoms with Crippen molar-refractivity contribution in [2.75, 3.05) is 30.9 Å². The van der Waals surface area contributed by atoms with E-state index in [1.54, 1.807) is 23.7 Å². The summed E-state index contributed by atoms with van der Waals surface area (Å²) in [7, 11) is 1.73. The van der Waals surface area contributed by atoms with Crippen LogP contribution in [0.4, 0.5) is 21.7 Å². The molecule has 1 unspecified atom stereocenters. The van der Waals surface area contributed by atoms with Crippen molar-refractivity contribution in [3.8, 4) is 0 Å². The van der Waals surface area contributed by atoms with Crippen LogP contribution in [0.2, 0.25) is 0 Å². The molecule has 0 bridgehead atoms. The van der Waals surface area contributed by atoms with Gasteiger partial charge in [-0.1, -0.05) is 0 Å². The molecule has 1 amide bonds. The fourth-order valence-electron chi connectivity index (χ4n) is 4.83. The third-order valence-corrected chi connectivity index (χ3v) is 6.94. The van der Waals surface area contributed by atoms with Gasteiger partial charge in [0.25, 0.3) is 11.5 Å². The maximum atomic E-state index is 13.6. The Morgan fingerprint density at radius 2 is 2.09 bits per heavy atom. The minimum Gasteiger partial charge on any atom is -0.381 e. The third-order valence-electron chi connectivity index (χ3n) is 6.94. The van der Waals surface area contributed by atoms with Gasteiger partial charge in [-0.2, -0.15) is 9.61 Å². The molecule has 172 valence electrons. The van der Waals surface area contributed by atoms with Gasteiger partial charge in [0.05, 0.1) is 25.5 Å². The molecule has 3 aromatic heterocycles. The van der Waals surface area contributed by atoms with E-state index in [9.17, 15) is 14.0 Å². The highest BCUT2D eigenvalue weighted by atomic mass is 19.1. The Morgan fingerprint density at radius 1 is 1.27 bits per heavy atom. The summed E-state index contributed by atoms with van der Waals surface area (Å²) < 4.78 is 22.3. The Morgan fingerprint density at radius 3 is 2.79 bits per heavy atom. The number of hydrogen-bond acceptors (Lipinski definition) is 7. The Labute approximate surface area is 188 Å². The minimum atomic E-state index is -1.02. The molecule has 4 heterocycles. The van der Waals surface area contributed by atoms with Crippen LogP contribution in [0.15, 0.2) is 35.4 Å². The van der Waals surface area contributed by atoms with E-state index in [1.807, 2.05) is 12.3 Å². The minimum absolute atomic E-state index is 0.130. The van der Waals surface area contributed by atoms with E-state index in [0.717, 1.165) is 0 Å². The SMILES string of the molecule is CNc1cc(Nc2cccn(C3[C@H]4COC[C@@H]34)c2=O)nc2c(C(=O)N[C@@H]3CC[C@H]3F)cnn12. The van der Waals surface area contributed by atoms with Crippen LogP contribution in [-0.2, 0) is 4.74 Å². The third kappa shape index (κ3) is 3.26. The Bertz CT molecular complexity index is 1290. The average Bonchev–Trinajstić information content (AvgIpc) is 3.15. The first kappa shape index (κ1) is 20.2. The van der Waals surface area contributed by atoms with Gasteiger partial charge in [-0.25, -0.2) is 9.37 Å². The van der Waals surface area contributed by atoms with Crippen LogP contribution in [0.25, 0.3) is 5.65 Å². The summed E-state index contributed by atoms with van der Waals surface area (Å²) in [6.45, 7) is 1.39. The molecular weight excluding hydrogens is 429 g/mol. The Hall–Kier alpha value is -3.47. The zero-order chi connectivity index (χ0) is 22.7. The Kier molecular flexibility index (Phi) is 4.61. The molecule has 2 saturated carbocycles. The fourth-order valence-corrected chi connectivity index (χ4v) is 4.83.